The molecule has 1 aromatic carbocycles. The molecule has 8 heteroatoms. The molecule has 0 bridgehead atoms. The maximum atomic E-state index is 11.6. The molecule has 1 fully saturated rings. The van der Waals surface area contributed by atoms with Crippen LogP contribution < -0.4 is 5.32 Å². The predicted molar refractivity (Wildman–Crippen MR) is 86.6 cm³/mol. The van der Waals surface area contributed by atoms with Gasteiger partial charge in [0.1, 0.15) is 15.8 Å². The quantitative estimate of drug-likeness (QED) is 0.526. The van der Waals surface area contributed by atoms with E-state index in [9.17, 15) is 14.9 Å². The first-order chi connectivity index (χ1) is 10.5. The molecule has 2 aromatic rings. The summed E-state index contributed by atoms with van der Waals surface area (Å²) in [5.74, 6) is 1.17. The molecule has 1 saturated heterocycles. The van der Waals surface area contributed by atoms with Crippen LogP contribution in [0.5, 0.6) is 0 Å². The number of carbonyl (C=O) groups excluding carboxylic acids is 1. The van der Waals surface area contributed by atoms with E-state index in [0.717, 1.165) is 5.56 Å². The summed E-state index contributed by atoms with van der Waals surface area (Å²) in [6.07, 6.45) is 0.448. The molecule has 1 N–H and O–H groups in total. The SMILES string of the molecule is O=C1NC(=S)SC1Cc1ccc(-c2ccc([N+](=O)[O-])cc2)o1. The van der Waals surface area contributed by atoms with E-state index in [-0.39, 0.29) is 16.8 Å². The van der Waals surface area contributed by atoms with E-state index in [2.05, 4.69) is 5.32 Å². The van der Waals surface area contributed by atoms with E-state index in [1.54, 1.807) is 24.3 Å². The number of carbonyl (C=O) groups is 1. The number of thioether (sulfide) groups is 1. The fraction of sp³-hybridized carbons (Fsp3) is 0.143. The average molecular weight is 334 g/mol. The van der Waals surface area contributed by atoms with Gasteiger partial charge < -0.3 is 9.73 Å². The van der Waals surface area contributed by atoms with Crippen molar-refractivity contribution < 1.29 is 14.1 Å². The van der Waals surface area contributed by atoms with Gasteiger partial charge >= 0.3 is 0 Å². The predicted octanol–water partition coefficient (Wildman–Crippen LogP) is 2.91. The van der Waals surface area contributed by atoms with Crippen molar-refractivity contribution in [1.82, 2.24) is 5.32 Å². The van der Waals surface area contributed by atoms with E-state index >= 15 is 0 Å². The normalized spacial score (nSPS) is 17.5. The van der Waals surface area contributed by atoms with Crippen molar-refractivity contribution in [3.8, 4) is 11.3 Å². The molecular formula is C14H10N2O4S2. The Labute approximate surface area is 135 Å². The number of hydrogen-bond donors (Lipinski definition) is 1. The van der Waals surface area contributed by atoms with Crippen molar-refractivity contribution in [2.24, 2.45) is 0 Å². The fourth-order valence-corrected chi connectivity index (χ4v) is 3.38. The molecule has 1 amide bonds. The van der Waals surface area contributed by atoms with Crippen LogP contribution in [0, 0.1) is 10.1 Å². The molecule has 1 atom stereocenters. The minimum Gasteiger partial charge on any atom is -0.461 e. The molecule has 0 spiro atoms. The molecule has 0 radical (unpaired) electrons. The Kier molecular flexibility index (Phi) is 3.95. The van der Waals surface area contributed by atoms with E-state index in [0.29, 0.717) is 22.3 Å². The summed E-state index contributed by atoms with van der Waals surface area (Å²) in [4.78, 5) is 21.8. The number of nitrogens with zero attached hydrogens (tertiary/aromatic N) is 1. The molecule has 1 unspecified atom stereocenters. The van der Waals surface area contributed by atoms with Gasteiger partial charge in [0.05, 0.1) is 10.2 Å². The summed E-state index contributed by atoms with van der Waals surface area (Å²) in [6, 6.07) is 9.70. The highest BCUT2D eigenvalue weighted by molar-refractivity contribution is 8.24. The van der Waals surface area contributed by atoms with E-state index < -0.39 is 4.92 Å². The van der Waals surface area contributed by atoms with Gasteiger partial charge in [-0.15, -0.1) is 0 Å². The highest BCUT2D eigenvalue weighted by atomic mass is 32.2. The topological polar surface area (TPSA) is 85.4 Å². The summed E-state index contributed by atoms with van der Waals surface area (Å²) >= 11 is 6.26. The third-order valence-electron chi connectivity index (χ3n) is 3.18. The van der Waals surface area contributed by atoms with Crippen molar-refractivity contribution in [3.63, 3.8) is 0 Å². The van der Waals surface area contributed by atoms with E-state index in [1.165, 1.54) is 23.9 Å². The van der Waals surface area contributed by atoms with Crippen molar-refractivity contribution in [1.29, 1.82) is 0 Å². The minimum absolute atomic E-state index is 0.0306. The Morgan fingerprint density at radius 1 is 1.27 bits per heavy atom. The summed E-state index contributed by atoms with van der Waals surface area (Å²) in [6.45, 7) is 0. The number of non-ortho nitro benzene ring substituents is 1. The van der Waals surface area contributed by atoms with Crippen LogP contribution in [0.25, 0.3) is 11.3 Å². The molecule has 3 rings (SSSR count). The van der Waals surface area contributed by atoms with Crippen LogP contribution in [0.4, 0.5) is 5.69 Å². The zero-order valence-corrected chi connectivity index (χ0v) is 12.8. The number of benzene rings is 1. The zero-order valence-electron chi connectivity index (χ0n) is 11.1. The maximum Gasteiger partial charge on any atom is 0.269 e. The van der Waals surface area contributed by atoms with Crippen molar-refractivity contribution >= 4 is 39.9 Å². The van der Waals surface area contributed by atoms with Gasteiger partial charge in [-0.1, -0.05) is 24.0 Å². The Balaban J connectivity index is 1.74. The number of nitro benzene ring substituents is 1. The average Bonchev–Trinajstić information content (AvgIpc) is 3.06. The molecule has 0 saturated carbocycles. The number of nitro groups is 1. The lowest BCUT2D eigenvalue weighted by molar-refractivity contribution is -0.384. The number of furan rings is 1. The van der Waals surface area contributed by atoms with Gasteiger partial charge in [-0.2, -0.15) is 0 Å². The minimum atomic E-state index is -0.448. The first kappa shape index (κ1) is 14.7. The third kappa shape index (κ3) is 3.02. The van der Waals surface area contributed by atoms with E-state index in [4.69, 9.17) is 16.6 Å². The largest absolute Gasteiger partial charge is 0.461 e. The lowest BCUT2D eigenvalue weighted by Gasteiger charge is -2.02. The van der Waals surface area contributed by atoms with Gasteiger partial charge in [-0.25, -0.2) is 0 Å². The summed E-state index contributed by atoms with van der Waals surface area (Å²) in [7, 11) is 0. The van der Waals surface area contributed by atoms with Crippen molar-refractivity contribution in [2.75, 3.05) is 0 Å². The summed E-state index contributed by atoms with van der Waals surface area (Å²) in [5.41, 5.74) is 0.777. The summed E-state index contributed by atoms with van der Waals surface area (Å²) in [5, 5.41) is 13.0. The zero-order chi connectivity index (χ0) is 15.7. The maximum absolute atomic E-state index is 11.6. The van der Waals surface area contributed by atoms with Gasteiger partial charge in [-0.05, 0) is 24.3 Å². The van der Waals surface area contributed by atoms with Crippen molar-refractivity contribution in [2.45, 2.75) is 11.7 Å². The third-order valence-corrected chi connectivity index (χ3v) is 4.55. The second-order valence-electron chi connectivity index (χ2n) is 4.66. The molecule has 6 nitrogen and oxygen atoms in total. The van der Waals surface area contributed by atoms with Crippen LogP contribution in [-0.2, 0) is 11.2 Å². The van der Waals surface area contributed by atoms with Crippen LogP contribution in [0.2, 0.25) is 0 Å². The molecule has 1 aliphatic heterocycles. The van der Waals surface area contributed by atoms with Gasteiger partial charge in [0, 0.05) is 24.1 Å². The van der Waals surface area contributed by atoms with Crippen LogP contribution in [0.3, 0.4) is 0 Å². The number of rotatable bonds is 4. The number of amides is 1. The molecular weight excluding hydrogens is 324 g/mol. The van der Waals surface area contributed by atoms with Gasteiger partial charge in [-0.3, -0.25) is 14.9 Å². The summed E-state index contributed by atoms with van der Waals surface area (Å²) < 4.78 is 6.19. The Hall–Kier alpha value is -2.19. The Morgan fingerprint density at radius 3 is 2.59 bits per heavy atom. The lowest BCUT2D eigenvalue weighted by atomic mass is 10.1. The Bertz CT molecular complexity index is 754. The lowest BCUT2D eigenvalue weighted by Crippen LogP contribution is -2.25. The van der Waals surface area contributed by atoms with Crippen molar-refractivity contribution in [3.05, 3.63) is 52.3 Å². The highest BCUT2D eigenvalue weighted by Gasteiger charge is 2.30. The molecule has 22 heavy (non-hydrogen) atoms. The molecule has 1 aliphatic rings. The second-order valence-corrected chi connectivity index (χ2v) is 6.54. The number of thiocarbonyl (C=S) groups is 1. The molecule has 0 aliphatic carbocycles. The van der Waals surface area contributed by atoms with Gasteiger partial charge in [0.2, 0.25) is 5.91 Å². The van der Waals surface area contributed by atoms with Crippen LogP contribution in [0.15, 0.2) is 40.8 Å². The molecule has 1 aromatic heterocycles. The van der Waals surface area contributed by atoms with Gasteiger partial charge in [0.15, 0.2) is 0 Å². The first-order valence-electron chi connectivity index (χ1n) is 6.38. The smallest absolute Gasteiger partial charge is 0.269 e. The fourth-order valence-electron chi connectivity index (χ4n) is 2.10. The number of hydrogen-bond acceptors (Lipinski definition) is 6. The number of nitrogens with one attached hydrogen (secondary N) is 1. The highest BCUT2D eigenvalue weighted by Crippen LogP contribution is 2.28. The van der Waals surface area contributed by atoms with Gasteiger partial charge in [0.25, 0.3) is 5.69 Å². The van der Waals surface area contributed by atoms with Crippen LogP contribution in [0.1, 0.15) is 5.76 Å². The first-order valence-corrected chi connectivity index (χ1v) is 7.67. The van der Waals surface area contributed by atoms with E-state index in [1.807, 2.05) is 0 Å². The molecule has 112 valence electrons. The van der Waals surface area contributed by atoms with Crippen LogP contribution >= 0.6 is 24.0 Å². The second kappa shape index (κ2) is 5.90. The standard InChI is InChI=1S/C14H10N2O4S2/c17-13-12(22-14(21)15-13)7-10-5-6-11(20-10)8-1-3-9(4-2-8)16(18)19/h1-6,12H,7H2,(H,15,17,21). The monoisotopic (exact) mass is 334 g/mol. The Morgan fingerprint density at radius 2 is 2.00 bits per heavy atom. The van der Waals surface area contributed by atoms with Crippen LogP contribution in [-0.4, -0.2) is 20.4 Å². The molecule has 2 heterocycles.